The molecule has 23 heavy (non-hydrogen) atoms. The van der Waals surface area contributed by atoms with Crippen molar-refractivity contribution >= 4 is 11.8 Å². The van der Waals surface area contributed by atoms with Crippen molar-refractivity contribution in [3.05, 3.63) is 72.6 Å². The Morgan fingerprint density at radius 3 is 2.48 bits per heavy atom. The number of ether oxygens (including phenoxy) is 1. The summed E-state index contributed by atoms with van der Waals surface area (Å²) in [6.45, 7) is 0.741. The van der Waals surface area contributed by atoms with Crippen LogP contribution in [-0.4, -0.2) is 17.3 Å². The SMILES string of the molecule is c1ccc(OCCCSCc2coc(-c3ccccc3)n2)cc1. The molecule has 0 aliphatic rings. The zero-order valence-electron chi connectivity index (χ0n) is 12.9. The van der Waals surface area contributed by atoms with Crippen LogP contribution in [0.3, 0.4) is 0 Å². The molecule has 0 atom stereocenters. The minimum atomic E-state index is 0.689. The number of benzene rings is 2. The molecule has 0 aliphatic carbocycles. The Balaban J connectivity index is 1.36. The van der Waals surface area contributed by atoms with Crippen molar-refractivity contribution in [2.75, 3.05) is 12.4 Å². The molecule has 0 fully saturated rings. The maximum atomic E-state index is 5.67. The van der Waals surface area contributed by atoms with Crippen LogP contribution >= 0.6 is 11.8 Å². The van der Waals surface area contributed by atoms with E-state index >= 15 is 0 Å². The molecule has 0 amide bonds. The van der Waals surface area contributed by atoms with E-state index in [1.807, 2.05) is 72.4 Å². The number of oxazole rings is 1. The van der Waals surface area contributed by atoms with Crippen LogP contribution in [0.5, 0.6) is 5.75 Å². The van der Waals surface area contributed by atoms with E-state index in [1.165, 1.54) is 0 Å². The molecule has 0 saturated carbocycles. The number of nitrogens with zero attached hydrogens (tertiary/aromatic N) is 1. The van der Waals surface area contributed by atoms with Gasteiger partial charge < -0.3 is 9.15 Å². The second-order valence-electron chi connectivity index (χ2n) is 5.08. The molecule has 3 nitrogen and oxygen atoms in total. The van der Waals surface area contributed by atoms with E-state index in [2.05, 4.69) is 4.98 Å². The highest BCUT2D eigenvalue weighted by Gasteiger charge is 2.06. The van der Waals surface area contributed by atoms with Crippen molar-refractivity contribution in [3.8, 4) is 17.2 Å². The number of hydrogen-bond donors (Lipinski definition) is 0. The summed E-state index contributed by atoms with van der Waals surface area (Å²) < 4.78 is 11.2. The Kier molecular flexibility index (Phi) is 5.75. The Morgan fingerprint density at radius 2 is 1.70 bits per heavy atom. The normalized spacial score (nSPS) is 10.6. The van der Waals surface area contributed by atoms with Gasteiger partial charge in [-0.2, -0.15) is 11.8 Å². The summed E-state index contributed by atoms with van der Waals surface area (Å²) in [5.74, 6) is 3.53. The smallest absolute Gasteiger partial charge is 0.226 e. The van der Waals surface area contributed by atoms with E-state index in [0.717, 1.165) is 41.5 Å². The van der Waals surface area contributed by atoms with Crippen molar-refractivity contribution in [1.29, 1.82) is 0 Å². The summed E-state index contributed by atoms with van der Waals surface area (Å²) in [5, 5.41) is 0. The van der Waals surface area contributed by atoms with E-state index in [1.54, 1.807) is 6.26 Å². The molecule has 0 N–H and O–H groups in total. The molecule has 118 valence electrons. The topological polar surface area (TPSA) is 35.3 Å². The van der Waals surface area contributed by atoms with Crippen LogP contribution in [0.25, 0.3) is 11.5 Å². The molecule has 0 bridgehead atoms. The van der Waals surface area contributed by atoms with Gasteiger partial charge >= 0.3 is 0 Å². The van der Waals surface area contributed by atoms with Crippen LogP contribution in [0.1, 0.15) is 12.1 Å². The fraction of sp³-hybridized carbons (Fsp3) is 0.211. The zero-order chi connectivity index (χ0) is 15.7. The van der Waals surface area contributed by atoms with E-state index in [0.29, 0.717) is 5.89 Å². The van der Waals surface area contributed by atoms with Gasteiger partial charge in [-0.25, -0.2) is 4.98 Å². The molecular formula is C19H19NO2S. The van der Waals surface area contributed by atoms with Gasteiger partial charge in [-0.15, -0.1) is 0 Å². The lowest BCUT2D eigenvalue weighted by atomic mass is 10.2. The lowest BCUT2D eigenvalue weighted by Gasteiger charge is -2.05. The first-order valence-corrected chi connectivity index (χ1v) is 8.83. The summed E-state index contributed by atoms with van der Waals surface area (Å²) in [6.07, 6.45) is 2.76. The average molecular weight is 325 g/mol. The molecule has 1 aromatic heterocycles. The predicted molar refractivity (Wildman–Crippen MR) is 94.7 cm³/mol. The van der Waals surface area contributed by atoms with Crippen LogP contribution in [0.4, 0.5) is 0 Å². The Labute approximate surface area is 140 Å². The van der Waals surface area contributed by atoms with Crippen LogP contribution in [0, 0.1) is 0 Å². The quantitative estimate of drug-likeness (QED) is 0.543. The van der Waals surface area contributed by atoms with Gasteiger partial charge in [0.2, 0.25) is 5.89 Å². The third-order valence-corrected chi connectivity index (χ3v) is 4.34. The van der Waals surface area contributed by atoms with Gasteiger partial charge in [0.25, 0.3) is 0 Å². The van der Waals surface area contributed by atoms with Crippen molar-refractivity contribution in [2.45, 2.75) is 12.2 Å². The number of aromatic nitrogens is 1. The van der Waals surface area contributed by atoms with Gasteiger partial charge in [0.05, 0.1) is 12.3 Å². The summed E-state index contributed by atoms with van der Waals surface area (Å²) >= 11 is 1.85. The Morgan fingerprint density at radius 1 is 0.957 bits per heavy atom. The molecular weight excluding hydrogens is 306 g/mol. The molecule has 4 heteroatoms. The van der Waals surface area contributed by atoms with E-state index < -0.39 is 0 Å². The van der Waals surface area contributed by atoms with Crippen LogP contribution in [0.2, 0.25) is 0 Å². The molecule has 0 spiro atoms. The fourth-order valence-electron chi connectivity index (χ4n) is 2.13. The average Bonchev–Trinajstić information content (AvgIpc) is 3.09. The summed E-state index contributed by atoms with van der Waals surface area (Å²) in [7, 11) is 0. The minimum Gasteiger partial charge on any atom is -0.494 e. The van der Waals surface area contributed by atoms with E-state index in [9.17, 15) is 0 Å². The highest BCUT2D eigenvalue weighted by molar-refractivity contribution is 7.98. The third-order valence-electron chi connectivity index (χ3n) is 3.27. The van der Waals surface area contributed by atoms with Crippen molar-refractivity contribution in [3.63, 3.8) is 0 Å². The van der Waals surface area contributed by atoms with Gasteiger partial charge in [-0.3, -0.25) is 0 Å². The Hall–Kier alpha value is -2.20. The molecule has 3 aromatic rings. The van der Waals surface area contributed by atoms with Gasteiger partial charge in [-0.1, -0.05) is 36.4 Å². The van der Waals surface area contributed by atoms with Gasteiger partial charge in [0.15, 0.2) is 0 Å². The monoisotopic (exact) mass is 325 g/mol. The first kappa shape index (κ1) is 15.7. The minimum absolute atomic E-state index is 0.689. The summed E-state index contributed by atoms with van der Waals surface area (Å²) in [6, 6.07) is 19.9. The van der Waals surface area contributed by atoms with E-state index in [4.69, 9.17) is 9.15 Å². The van der Waals surface area contributed by atoms with Gasteiger partial charge in [-0.05, 0) is 36.4 Å². The molecule has 0 saturated heterocycles. The summed E-state index contributed by atoms with van der Waals surface area (Å²) in [5.41, 5.74) is 2.00. The molecule has 0 aliphatic heterocycles. The molecule has 0 unspecified atom stereocenters. The second-order valence-corrected chi connectivity index (χ2v) is 6.18. The fourth-order valence-corrected chi connectivity index (χ4v) is 2.94. The van der Waals surface area contributed by atoms with Gasteiger partial charge in [0, 0.05) is 11.3 Å². The van der Waals surface area contributed by atoms with Crippen molar-refractivity contribution in [2.24, 2.45) is 0 Å². The predicted octanol–water partition coefficient (Wildman–Crippen LogP) is 5.04. The Bertz CT molecular complexity index is 698. The maximum Gasteiger partial charge on any atom is 0.226 e. The third kappa shape index (κ3) is 4.89. The number of rotatable bonds is 8. The zero-order valence-corrected chi connectivity index (χ0v) is 13.7. The maximum absolute atomic E-state index is 5.67. The highest BCUT2D eigenvalue weighted by Crippen LogP contribution is 2.20. The number of para-hydroxylation sites is 1. The number of hydrogen-bond acceptors (Lipinski definition) is 4. The second kappa shape index (κ2) is 8.44. The first-order chi connectivity index (χ1) is 11.4. The van der Waals surface area contributed by atoms with E-state index in [-0.39, 0.29) is 0 Å². The van der Waals surface area contributed by atoms with Crippen molar-refractivity contribution < 1.29 is 9.15 Å². The van der Waals surface area contributed by atoms with Gasteiger partial charge in [0.1, 0.15) is 12.0 Å². The number of thioether (sulfide) groups is 1. The van der Waals surface area contributed by atoms with Crippen LogP contribution < -0.4 is 4.74 Å². The first-order valence-electron chi connectivity index (χ1n) is 7.67. The lowest BCUT2D eigenvalue weighted by Crippen LogP contribution is -1.98. The van der Waals surface area contributed by atoms with Crippen LogP contribution in [0.15, 0.2) is 71.3 Å². The lowest BCUT2D eigenvalue weighted by molar-refractivity contribution is 0.318. The molecule has 2 aromatic carbocycles. The standard InChI is InChI=1S/C19H19NO2S/c1-3-8-16(9-4-1)19-20-17(14-22-19)15-23-13-7-12-21-18-10-5-2-6-11-18/h1-6,8-11,14H,7,12-13,15H2. The molecule has 1 heterocycles. The molecule has 3 rings (SSSR count). The largest absolute Gasteiger partial charge is 0.494 e. The summed E-state index contributed by atoms with van der Waals surface area (Å²) in [4.78, 5) is 4.53. The highest BCUT2D eigenvalue weighted by atomic mass is 32.2. The van der Waals surface area contributed by atoms with Crippen molar-refractivity contribution in [1.82, 2.24) is 4.98 Å². The van der Waals surface area contributed by atoms with Crippen LogP contribution in [-0.2, 0) is 5.75 Å². The molecule has 0 radical (unpaired) electrons.